The molecule has 1 aromatic carbocycles. The maximum Gasteiger partial charge on any atom is 0.250 e. The van der Waals surface area contributed by atoms with Crippen molar-refractivity contribution in [3.8, 4) is 5.75 Å². The molecule has 9 nitrogen and oxygen atoms in total. The Hall–Kier alpha value is -3.72. The van der Waals surface area contributed by atoms with Gasteiger partial charge in [-0.2, -0.15) is 0 Å². The molecule has 1 amide bonds. The molecule has 33 heavy (non-hydrogen) atoms. The SMILES string of the molecule is CCCn1c(CCO)nc2c(N)nc3cc(OCCCc4ncccc4C(N)=O)ccc3c21. The third-order valence-corrected chi connectivity index (χ3v) is 5.52. The number of primary amides is 1. The fourth-order valence-corrected chi connectivity index (χ4v) is 4.07. The number of nitrogen functional groups attached to an aromatic ring is 1. The van der Waals surface area contributed by atoms with Gasteiger partial charge in [0.05, 0.1) is 35.5 Å². The van der Waals surface area contributed by atoms with Crippen LogP contribution >= 0.6 is 0 Å². The number of aliphatic hydroxyl groups excluding tert-OH is 1. The molecule has 0 unspecified atom stereocenters. The van der Waals surface area contributed by atoms with Gasteiger partial charge < -0.3 is 25.9 Å². The average molecular weight is 449 g/mol. The third-order valence-electron chi connectivity index (χ3n) is 5.52. The smallest absolute Gasteiger partial charge is 0.250 e. The number of aryl methyl sites for hydroxylation is 2. The summed E-state index contributed by atoms with van der Waals surface area (Å²) in [5.74, 6) is 1.37. The predicted molar refractivity (Wildman–Crippen MR) is 127 cm³/mol. The van der Waals surface area contributed by atoms with Crippen LogP contribution in [0, 0.1) is 0 Å². The fourth-order valence-electron chi connectivity index (χ4n) is 4.07. The summed E-state index contributed by atoms with van der Waals surface area (Å²) in [6.45, 7) is 3.36. The summed E-state index contributed by atoms with van der Waals surface area (Å²) in [5.41, 5.74) is 15.1. The minimum atomic E-state index is -0.479. The lowest BCUT2D eigenvalue weighted by Gasteiger charge is -2.11. The van der Waals surface area contributed by atoms with Gasteiger partial charge in [0, 0.05) is 30.6 Å². The third kappa shape index (κ3) is 4.58. The molecule has 172 valence electrons. The average Bonchev–Trinajstić information content (AvgIpc) is 3.16. The number of aromatic nitrogens is 4. The normalized spacial score (nSPS) is 11.3. The number of nitrogens with zero attached hydrogens (tertiary/aromatic N) is 4. The van der Waals surface area contributed by atoms with Crippen LogP contribution in [-0.4, -0.2) is 43.7 Å². The number of carbonyl (C=O) groups is 1. The molecule has 0 fully saturated rings. The van der Waals surface area contributed by atoms with Gasteiger partial charge >= 0.3 is 0 Å². The molecule has 4 aromatic rings. The van der Waals surface area contributed by atoms with Crippen LogP contribution in [0.25, 0.3) is 21.9 Å². The first kappa shape index (κ1) is 22.5. The highest BCUT2D eigenvalue weighted by atomic mass is 16.5. The van der Waals surface area contributed by atoms with Gasteiger partial charge in [0.1, 0.15) is 17.1 Å². The molecule has 3 aromatic heterocycles. The van der Waals surface area contributed by atoms with Crippen LogP contribution < -0.4 is 16.2 Å². The van der Waals surface area contributed by atoms with Crippen molar-refractivity contribution in [1.29, 1.82) is 0 Å². The van der Waals surface area contributed by atoms with E-state index in [4.69, 9.17) is 16.2 Å². The molecular weight excluding hydrogens is 420 g/mol. The Morgan fingerprint density at radius 3 is 2.82 bits per heavy atom. The molecule has 0 atom stereocenters. The van der Waals surface area contributed by atoms with E-state index in [-0.39, 0.29) is 6.61 Å². The second kappa shape index (κ2) is 9.83. The lowest BCUT2D eigenvalue weighted by Crippen LogP contribution is -2.15. The van der Waals surface area contributed by atoms with E-state index in [0.717, 1.165) is 35.2 Å². The van der Waals surface area contributed by atoms with Crippen LogP contribution in [0.3, 0.4) is 0 Å². The van der Waals surface area contributed by atoms with Crippen LogP contribution in [0.15, 0.2) is 36.5 Å². The van der Waals surface area contributed by atoms with E-state index in [1.165, 1.54) is 0 Å². The molecule has 5 N–H and O–H groups in total. The second-order valence-corrected chi connectivity index (χ2v) is 7.84. The van der Waals surface area contributed by atoms with Crippen molar-refractivity contribution >= 4 is 33.7 Å². The van der Waals surface area contributed by atoms with E-state index in [0.29, 0.717) is 54.2 Å². The number of rotatable bonds is 10. The van der Waals surface area contributed by atoms with Crippen LogP contribution in [0.1, 0.15) is 41.6 Å². The van der Waals surface area contributed by atoms with Gasteiger partial charge in [-0.1, -0.05) is 6.92 Å². The van der Waals surface area contributed by atoms with Crippen molar-refractivity contribution in [2.75, 3.05) is 18.9 Å². The highest BCUT2D eigenvalue weighted by Crippen LogP contribution is 2.31. The summed E-state index contributed by atoms with van der Waals surface area (Å²) in [6.07, 6.45) is 4.31. The summed E-state index contributed by atoms with van der Waals surface area (Å²) in [7, 11) is 0. The highest BCUT2D eigenvalue weighted by molar-refractivity contribution is 6.07. The molecular formula is C24H28N6O3. The zero-order chi connectivity index (χ0) is 23.4. The standard InChI is InChI=1S/C24H28N6O3/c1-2-11-30-20(9-12-31)29-21-22(30)16-8-7-15(14-19(16)28-23(21)25)33-13-4-6-18-17(24(26)32)5-3-10-27-18/h3,5,7-8,10,14,31H,2,4,6,9,11-13H2,1H3,(H2,25,28)(H2,26,32). The lowest BCUT2D eigenvalue weighted by molar-refractivity contribution is 0.0998. The molecule has 0 saturated carbocycles. The minimum absolute atomic E-state index is 0.0235. The molecule has 0 spiro atoms. The number of imidazole rings is 1. The number of fused-ring (bicyclic) bond motifs is 3. The Morgan fingerprint density at radius 2 is 2.06 bits per heavy atom. The van der Waals surface area contributed by atoms with Crippen LogP contribution in [0.2, 0.25) is 0 Å². The maximum absolute atomic E-state index is 11.5. The van der Waals surface area contributed by atoms with Crippen molar-refractivity contribution in [2.45, 2.75) is 39.2 Å². The zero-order valence-corrected chi connectivity index (χ0v) is 18.6. The molecule has 0 aliphatic carbocycles. The quantitative estimate of drug-likeness (QED) is 0.317. The Bertz CT molecular complexity index is 1300. The number of anilines is 1. The van der Waals surface area contributed by atoms with E-state index < -0.39 is 5.91 Å². The fraction of sp³-hybridized carbons (Fsp3) is 0.333. The van der Waals surface area contributed by atoms with Crippen molar-refractivity contribution < 1.29 is 14.6 Å². The Morgan fingerprint density at radius 1 is 1.21 bits per heavy atom. The molecule has 0 bridgehead atoms. The van der Waals surface area contributed by atoms with E-state index in [9.17, 15) is 9.90 Å². The summed E-state index contributed by atoms with van der Waals surface area (Å²) < 4.78 is 8.05. The summed E-state index contributed by atoms with van der Waals surface area (Å²) in [5, 5.41) is 10.4. The summed E-state index contributed by atoms with van der Waals surface area (Å²) in [4.78, 5) is 25.0. The number of carbonyl (C=O) groups excluding carboxylic acids is 1. The van der Waals surface area contributed by atoms with E-state index in [1.807, 2.05) is 18.2 Å². The molecule has 0 aliphatic rings. The number of ether oxygens (including phenoxy) is 1. The number of aliphatic hydroxyl groups is 1. The molecule has 9 heteroatoms. The van der Waals surface area contributed by atoms with Gasteiger partial charge in [-0.15, -0.1) is 0 Å². The van der Waals surface area contributed by atoms with E-state index >= 15 is 0 Å². The zero-order valence-electron chi connectivity index (χ0n) is 18.6. The molecule has 0 aliphatic heterocycles. The summed E-state index contributed by atoms with van der Waals surface area (Å²) in [6, 6.07) is 9.13. The maximum atomic E-state index is 11.5. The second-order valence-electron chi connectivity index (χ2n) is 7.84. The van der Waals surface area contributed by atoms with Gasteiger partial charge in [0.2, 0.25) is 0 Å². The Kier molecular flexibility index (Phi) is 6.69. The Labute approximate surface area is 191 Å². The molecule has 4 rings (SSSR count). The van der Waals surface area contributed by atoms with Gasteiger partial charge in [-0.3, -0.25) is 9.78 Å². The van der Waals surface area contributed by atoms with Crippen molar-refractivity contribution in [1.82, 2.24) is 19.5 Å². The van der Waals surface area contributed by atoms with Gasteiger partial charge in [0.15, 0.2) is 5.82 Å². The Balaban J connectivity index is 1.55. The first-order valence-corrected chi connectivity index (χ1v) is 11.1. The van der Waals surface area contributed by atoms with Crippen molar-refractivity contribution in [3.05, 3.63) is 53.6 Å². The number of amides is 1. The predicted octanol–water partition coefficient (Wildman–Crippen LogP) is 2.62. The monoisotopic (exact) mass is 448 g/mol. The number of hydrogen-bond donors (Lipinski definition) is 3. The topological polar surface area (TPSA) is 142 Å². The van der Waals surface area contributed by atoms with E-state index in [2.05, 4.69) is 26.4 Å². The first-order chi connectivity index (χ1) is 16.0. The van der Waals surface area contributed by atoms with Crippen LogP contribution in [0.5, 0.6) is 5.75 Å². The van der Waals surface area contributed by atoms with E-state index in [1.54, 1.807) is 18.3 Å². The number of pyridine rings is 2. The summed E-state index contributed by atoms with van der Waals surface area (Å²) >= 11 is 0. The number of hydrogen-bond acceptors (Lipinski definition) is 7. The van der Waals surface area contributed by atoms with Crippen LogP contribution in [0.4, 0.5) is 5.82 Å². The van der Waals surface area contributed by atoms with Gasteiger partial charge in [-0.25, -0.2) is 9.97 Å². The van der Waals surface area contributed by atoms with Gasteiger partial charge in [0.25, 0.3) is 5.91 Å². The van der Waals surface area contributed by atoms with Crippen molar-refractivity contribution in [2.24, 2.45) is 5.73 Å². The largest absolute Gasteiger partial charge is 0.494 e. The molecule has 3 heterocycles. The van der Waals surface area contributed by atoms with Crippen molar-refractivity contribution in [3.63, 3.8) is 0 Å². The number of benzene rings is 1. The van der Waals surface area contributed by atoms with Crippen LogP contribution in [-0.2, 0) is 19.4 Å². The lowest BCUT2D eigenvalue weighted by atomic mass is 10.1. The molecule has 0 radical (unpaired) electrons. The number of nitrogens with two attached hydrogens (primary N) is 2. The highest BCUT2D eigenvalue weighted by Gasteiger charge is 2.17. The molecule has 0 saturated heterocycles. The minimum Gasteiger partial charge on any atom is -0.494 e. The first-order valence-electron chi connectivity index (χ1n) is 11.1. The van der Waals surface area contributed by atoms with Gasteiger partial charge in [-0.05, 0) is 43.5 Å².